The van der Waals surface area contributed by atoms with E-state index in [1.54, 1.807) is 14.1 Å². The Morgan fingerprint density at radius 3 is 2.54 bits per heavy atom. The molecule has 1 saturated heterocycles. The maximum Gasteiger partial charge on any atom is 0.243 e. The SMILES string of the molecule is CCNC(=NCC(=O)N(C)C)NC1CCN(C(=O)C2CCCC2)C1. The smallest absolute Gasteiger partial charge is 0.243 e. The second-order valence-electron chi connectivity index (χ2n) is 6.88. The fraction of sp³-hybridized carbons (Fsp3) is 0.824. The van der Waals surface area contributed by atoms with Gasteiger partial charge in [-0.05, 0) is 26.2 Å². The summed E-state index contributed by atoms with van der Waals surface area (Å²) in [5.74, 6) is 1.18. The lowest BCUT2D eigenvalue weighted by Gasteiger charge is -2.21. The Bertz CT molecular complexity index is 472. The van der Waals surface area contributed by atoms with E-state index >= 15 is 0 Å². The molecular weight excluding hydrogens is 306 g/mol. The first-order valence-electron chi connectivity index (χ1n) is 9.05. The van der Waals surface area contributed by atoms with Crippen LogP contribution in [0.15, 0.2) is 4.99 Å². The van der Waals surface area contributed by atoms with E-state index in [0.717, 1.165) is 38.9 Å². The standard InChI is InChI=1S/C17H31N5O2/c1-4-18-17(19-11-15(23)21(2)3)20-14-9-10-22(12-14)16(24)13-7-5-6-8-13/h13-14H,4-12H2,1-3H3,(H2,18,19,20). The number of carbonyl (C=O) groups is 2. The van der Waals surface area contributed by atoms with Crippen molar-refractivity contribution in [2.45, 2.75) is 45.1 Å². The van der Waals surface area contributed by atoms with Crippen molar-refractivity contribution in [1.29, 1.82) is 0 Å². The van der Waals surface area contributed by atoms with E-state index in [-0.39, 0.29) is 24.4 Å². The predicted molar refractivity (Wildman–Crippen MR) is 94.8 cm³/mol. The summed E-state index contributed by atoms with van der Waals surface area (Å²) in [5.41, 5.74) is 0. The van der Waals surface area contributed by atoms with Crippen molar-refractivity contribution < 1.29 is 9.59 Å². The van der Waals surface area contributed by atoms with Crippen molar-refractivity contribution in [2.24, 2.45) is 10.9 Å². The lowest BCUT2D eigenvalue weighted by atomic mass is 10.1. The molecular formula is C17H31N5O2. The van der Waals surface area contributed by atoms with Crippen LogP contribution in [-0.2, 0) is 9.59 Å². The number of likely N-dealkylation sites (tertiary alicyclic amines) is 1. The zero-order chi connectivity index (χ0) is 17.5. The molecule has 2 amide bonds. The van der Waals surface area contributed by atoms with E-state index in [1.807, 2.05) is 11.8 Å². The molecule has 0 aromatic carbocycles. The molecule has 7 nitrogen and oxygen atoms in total. The second kappa shape index (κ2) is 8.89. The average Bonchev–Trinajstić information content (AvgIpc) is 3.23. The van der Waals surface area contributed by atoms with Gasteiger partial charge in [0.2, 0.25) is 11.8 Å². The zero-order valence-corrected chi connectivity index (χ0v) is 15.2. The summed E-state index contributed by atoms with van der Waals surface area (Å²) in [6, 6.07) is 0.197. The molecule has 1 aliphatic carbocycles. The van der Waals surface area contributed by atoms with Gasteiger partial charge in [0.1, 0.15) is 6.54 Å². The molecule has 7 heteroatoms. The maximum absolute atomic E-state index is 12.5. The first-order chi connectivity index (χ1) is 11.5. The first kappa shape index (κ1) is 18.5. The van der Waals surface area contributed by atoms with Gasteiger partial charge in [-0.25, -0.2) is 4.99 Å². The Balaban J connectivity index is 1.85. The van der Waals surface area contributed by atoms with Crippen molar-refractivity contribution in [2.75, 3.05) is 40.3 Å². The third-order valence-electron chi connectivity index (χ3n) is 4.76. The number of likely N-dealkylation sites (N-methyl/N-ethyl adjacent to an activating group) is 1. The van der Waals surface area contributed by atoms with Crippen LogP contribution < -0.4 is 10.6 Å². The first-order valence-corrected chi connectivity index (χ1v) is 9.05. The van der Waals surface area contributed by atoms with Crippen molar-refractivity contribution in [1.82, 2.24) is 20.4 Å². The fourth-order valence-electron chi connectivity index (χ4n) is 3.31. The highest BCUT2D eigenvalue weighted by molar-refractivity contribution is 5.85. The number of guanidine groups is 1. The summed E-state index contributed by atoms with van der Waals surface area (Å²) in [6.45, 7) is 4.39. The topological polar surface area (TPSA) is 77.0 Å². The largest absolute Gasteiger partial charge is 0.357 e. The van der Waals surface area contributed by atoms with Gasteiger partial charge in [-0.15, -0.1) is 0 Å². The third kappa shape index (κ3) is 5.11. The van der Waals surface area contributed by atoms with Crippen molar-refractivity contribution >= 4 is 17.8 Å². The molecule has 1 aliphatic heterocycles. The monoisotopic (exact) mass is 337 g/mol. The average molecular weight is 337 g/mol. The Labute approximate surface area is 144 Å². The Kier molecular flexibility index (Phi) is 6.87. The molecule has 0 spiro atoms. The number of rotatable bonds is 5. The molecule has 0 radical (unpaired) electrons. The van der Waals surface area contributed by atoms with Crippen LogP contribution in [0, 0.1) is 5.92 Å². The van der Waals surface area contributed by atoms with Crippen LogP contribution in [0.5, 0.6) is 0 Å². The highest BCUT2D eigenvalue weighted by Crippen LogP contribution is 2.27. The van der Waals surface area contributed by atoms with Crippen molar-refractivity contribution in [3.05, 3.63) is 0 Å². The van der Waals surface area contributed by atoms with Gasteiger partial charge in [-0.3, -0.25) is 9.59 Å². The predicted octanol–water partition coefficient (Wildman–Crippen LogP) is 0.421. The lowest BCUT2D eigenvalue weighted by Crippen LogP contribution is -2.45. The lowest BCUT2D eigenvalue weighted by molar-refractivity contribution is -0.134. The number of hydrogen-bond acceptors (Lipinski definition) is 3. The van der Waals surface area contributed by atoms with Gasteiger partial charge < -0.3 is 20.4 Å². The van der Waals surface area contributed by atoms with Gasteiger partial charge in [-0.2, -0.15) is 0 Å². The molecule has 1 unspecified atom stereocenters. The van der Waals surface area contributed by atoms with Crippen LogP contribution in [0.3, 0.4) is 0 Å². The van der Waals surface area contributed by atoms with Crippen LogP contribution in [0.4, 0.5) is 0 Å². The van der Waals surface area contributed by atoms with Crippen LogP contribution in [0.25, 0.3) is 0 Å². The molecule has 2 N–H and O–H groups in total. The molecule has 1 saturated carbocycles. The van der Waals surface area contributed by atoms with Crippen LogP contribution >= 0.6 is 0 Å². The van der Waals surface area contributed by atoms with E-state index in [9.17, 15) is 9.59 Å². The number of carbonyl (C=O) groups excluding carboxylic acids is 2. The van der Waals surface area contributed by atoms with Crippen LogP contribution in [-0.4, -0.2) is 73.9 Å². The third-order valence-corrected chi connectivity index (χ3v) is 4.76. The minimum atomic E-state index is -0.0309. The zero-order valence-electron chi connectivity index (χ0n) is 15.2. The summed E-state index contributed by atoms with van der Waals surface area (Å²) < 4.78 is 0. The molecule has 0 aromatic rings. The van der Waals surface area contributed by atoms with E-state index in [4.69, 9.17) is 0 Å². The number of nitrogens with one attached hydrogen (secondary N) is 2. The molecule has 2 rings (SSSR count). The van der Waals surface area contributed by atoms with Gasteiger partial charge in [-0.1, -0.05) is 12.8 Å². The highest BCUT2D eigenvalue weighted by atomic mass is 16.2. The van der Waals surface area contributed by atoms with Gasteiger partial charge in [0.25, 0.3) is 0 Å². The summed E-state index contributed by atoms with van der Waals surface area (Å²) in [6.07, 6.45) is 5.38. The molecule has 0 bridgehead atoms. The molecule has 24 heavy (non-hydrogen) atoms. The van der Waals surface area contributed by atoms with Gasteiger partial charge in [0.15, 0.2) is 5.96 Å². The molecule has 136 valence electrons. The Morgan fingerprint density at radius 1 is 1.21 bits per heavy atom. The van der Waals surface area contributed by atoms with Crippen LogP contribution in [0.1, 0.15) is 39.0 Å². The van der Waals surface area contributed by atoms with Gasteiger partial charge in [0, 0.05) is 45.7 Å². The minimum absolute atomic E-state index is 0.0309. The van der Waals surface area contributed by atoms with E-state index < -0.39 is 0 Å². The number of amides is 2. The summed E-state index contributed by atoms with van der Waals surface area (Å²) in [4.78, 5) is 32.1. The molecule has 1 atom stereocenters. The summed E-state index contributed by atoms with van der Waals surface area (Å²) >= 11 is 0. The number of hydrogen-bond donors (Lipinski definition) is 2. The van der Waals surface area contributed by atoms with Gasteiger partial charge >= 0.3 is 0 Å². The normalized spacial score (nSPS) is 21.9. The summed E-state index contributed by atoms with van der Waals surface area (Å²) in [7, 11) is 3.45. The van der Waals surface area contributed by atoms with Crippen LogP contribution in [0.2, 0.25) is 0 Å². The maximum atomic E-state index is 12.5. The van der Waals surface area contributed by atoms with Gasteiger partial charge in [0.05, 0.1) is 0 Å². The van der Waals surface area contributed by atoms with E-state index in [2.05, 4.69) is 15.6 Å². The molecule has 2 fully saturated rings. The van der Waals surface area contributed by atoms with E-state index in [0.29, 0.717) is 11.9 Å². The quantitative estimate of drug-likeness (QED) is 0.563. The summed E-state index contributed by atoms with van der Waals surface area (Å²) in [5, 5.41) is 6.53. The highest BCUT2D eigenvalue weighted by Gasteiger charge is 2.32. The Morgan fingerprint density at radius 2 is 1.92 bits per heavy atom. The fourth-order valence-corrected chi connectivity index (χ4v) is 3.31. The number of aliphatic imine (C=N–C) groups is 1. The van der Waals surface area contributed by atoms with Crippen molar-refractivity contribution in [3.63, 3.8) is 0 Å². The molecule has 1 heterocycles. The minimum Gasteiger partial charge on any atom is -0.357 e. The Hall–Kier alpha value is -1.79. The molecule has 0 aromatic heterocycles. The molecule has 2 aliphatic rings. The van der Waals surface area contributed by atoms with E-state index in [1.165, 1.54) is 17.7 Å². The second-order valence-corrected chi connectivity index (χ2v) is 6.88. The van der Waals surface area contributed by atoms with Crippen molar-refractivity contribution in [3.8, 4) is 0 Å². The number of nitrogens with zero attached hydrogens (tertiary/aromatic N) is 3.